The Morgan fingerprint density at radius 1 is 0.468 bits per heavy atom. The van der Waals surface area contributed by atoms with Gasteiger partial charge in [-0.1, -0.05) is 200 Å². The van der Waals surface area contributed by atoms with Gasteiger partial charge in [-0.2, -0.15) is 0 Å². The molecule has 2 aliphatic heterocycles. The maximum Gasteiger partial charge on any atom is 0.237 e. The lowest BCUT2D eigenvalue weighted by molar-refractivity contribution is -0.128. The van der Waals surface area contributed by atoms with Crippen molar-refractivity contribution in [2.75, 3.05) is 0 Å². The second-order valence-corrected chi connectivity index (χ2v) is 15.9. The van der Waals surface area contributed by atoms with Gasteiger partial charge in [0.05, 0.1) is 0 Å². The summed E-state index contributed by atoms with van der Waals surface area (Å²) in [4.78, 5) is 42.6. The molecule has 306 valence electrons. The average Bonchev–Trinajstić information content (AvgIpc) is 3.85. The van der Waals surface area contributed by atoms with Crippen molar-refractivity contribution in [1.82, 2.24) is 9.80 Å². The van der Waals surface area contributed by atoms with E-state index < -0.39 is 5.92 Å². The van der Waals surface area contributed by atoms with Crippen LogP contribution in [-0.4, -0.2) is 39.5 Å². The zero-order chi connectivity index (χ0) is 42.5. The Balaban J connectivity index is 0.000000176. The molecule has 0 spiro atoms. The van der Waals surface area contributed by atoms with Crippen LogP contribution in [0, 0.1) is 5.92 Å². The maximum absolute atomic E-state index is 13.4. The highest BCUT2D eigenvalue weighted by molar-refractivity contribution is 6.11. The number of hydrogen-bond acceptors (Lipinski definition) is 3. The van der Waals surface area contributed by atoms with Gasteiger partial charge in [0.2, 0.25) is 11.8 Å². The van der Waals surface area contributed by atoms with Crippen LogP contribution < -0.4 is 0 Å². The van der Waals surface area contributed by atoms with Crippen molar-refractivity contribution in [2.45, 2.75) is 44.2 Å². The second kappa shape index (κ2) is 20.3. The first-order valence-electron chi connectivity index (χ1n) is 21.5. The summed E-state index contributed by atoms with van der Waals surface area (Å²) in [6.45, 7) is 0. The first-order valence-corrected chi connectivity index (χ1v) is 21.5. The molecule has 5 nitrogen and oxygen atoms in total. The summed E-state index contributed by atoms with van der Waals surface area (Å²) in [5.74, 6) is -0.674. The van der Waals surface area contributed by atoms with Crippen molar-refractivity contribution >= 4 is 29.7 Å². The number of ketones is 1. The third-order valence-corrected chi connectivity index (χ3v) is 11.7. The highest BCUT2D eigenvalue weighted by Crippen LogP contribution is 2.32. The molecule has 2 amide bonds. The van der Waals surface area contributed by atoms with Crippen LogP contribution in [0.1, 0.15) is 51.9 Å². The van der Waals surface area contributed by atoms with Crippen LogP contribution in [0.5, 0.6) is 0 Å². The number of hydrogen-bond donors (Lipinski definition) is 0. The molecule has 0 bridgehead atoms. The molecule has 1 unspecified atom stereocenters. The predicted molar refractivity (Wildman–Crippen MR) is 251 cm³/mol. The van der Waals surface area contributed by atoms with Gasteiger partial charge >= 0.3 is 0 Å². The Kier molecular flexibility index (Phi) is 13.5. The van der Waals surface area contributed by atoms with Crippen molar-refractivity contribution < 1.29 is 14.4 Å². The largest absolute Gasteiger partial charge is 0.316 e. The maximum atomic E-state index is 13.4. The number of rotatable bonds is 12. The third-order valence-electron chi connectivity index (χ3n) is 11.7. The Bertz CT molecular complexity index is 2590. The van der Waals surface area contributed by atoms with E-state index in [0.29, 0.717) is 24.8 Å². The predicted octanol–water partition coefficient (Wildman–Crippen LogP) is 12.2. The van der Waals surface area contributed by atoms with Gasteiger partial charge in [-0.15, -0.1) is 0 Å². The molecule has 0 N–H and O–H groups in total. The lowest BCUT2D eigenvalue weighted by Crippen LogP contribution is -2.31. The molecule has 0 aromatic heterocycles. The number of carbonyl (C=O) groups excluding carboxylic acids is 3. The molecule has 9 rings (SSSR count). The van der Waals surface area contributed by atoms with Gasteiger partial charge in [0.25, 0.3) is 0 Å². The van der Waals surface area contributed by atoms with Crippen LogP contribution in [0.15, 0.2) is 213 Å². The van der Waals surface area contributed by atoms with E-state index in [0.717, 1.165) is 35.1 Å². The van der Waals surface area contributed by atoms with Crippen molar-refractivity contribution in [1.29, 1.82) is 0 Å². The van der Waals surface area contributed by atoms with Crippen LogP contribution in [0.3, 0.4) is 0 Å². The molecule has 2 saturated heterocycles. The van der Waals surface area contributed by atoms with E-state index in [1.807, 2.05) is 133 Å². The van der Waals surface area contributed by atoms with Crippen molar-refractivity contribution in [3.05, 3.63) is 240 Å². The fourth-order valence-electron chi connectivity index (χ4n) is 8.35. The number of nitrogens with zero attached hydrogens (tertiary/aromatic N) is 2. The lowest BCUT2D eigenvalue weighted by atomic mass is 9.92. The summed E-state index contributed by atoms with van der Waals surface area (Å²) in [5, 5.41) is 0. The van der Waals surface area contributed by atoms with Crippen LogP contribution in [0.4, 0.5) is 0 Å². The molecule has 2 aliphatic rings. The van der Waals surface area contributed by atoms with E-state index in [1.165, 1.54) is 22.3 Å². The molecule has 7 aromatic rings. The molecule has 0 saturated carbocycles. The topological polar surface area (TPSA) is 57.7 Å². The summed E-state index contributed by atoms with van der Waals surface area (Å²) >= 11 is 0. The van der Waals surface area contributed by atoms with Crippen molar-refractivity contribution in [3.8, 4) is 22.3 Å². The van der Waals surface area contributed by atoms with Crippen LogP contribution >= 0.6 is 0 Å². The van der Waals surface area contributed by atoms with Crippen LogP contribution in [0.25, 0.3) is 34.4 Å². The first kappa shape index (κ1) is 41.4. The molecule has 5 heteroatoms. The summed E-state index contributed by atoms with van der Waals surface area (Å²) in [6, 6.07) is 67.2. The van der Waals surface area contributed by atoms with Gasteiger partial charge in [0.1, 0.15) is 5.92 Å². The van der Waals surface area contributed by atoms with E-state index in [-0.39, 0.29) is 29.7 Å². The number of benzene rings is 7. The monoisotopic (exact) mass is 810 g/mol. The normalized spacial score (nSPS) is 17.4. The Labute approximate surface area is 365 Å². The molecule has 0 aliphatic carbocycles. The van der Waals surface area contributed by atoms with Crippen LogP contribution in [-0.2, 0) is 22.4 Å². The minimum atomic E-state index is -0.661. The third kappa shape index (κ3) is 10.5. The Morgan fingerprint density at radius 3 is 1.35 bits per heavy atom. The molecule has 3 atom stereocenters. The van der Waals surface area contributed by atoms with Crippen molar-refractivity contribution in [2.24, 2.45) is 5.92 Å². The fourth-order valence-corrected chi connectivity index (χ4v) is 8.35. The number of likely N-dealkylation sites (tertiary alicyclic amines) is 2. The molecular formula is C57H50N2O3. The summed E-state index contributed by atoms with van der Waals surface area (Å²) in [5.41, 5.74) is 9.93. The summed E-state index contributed by atoms with van der Waals surface area (Å²) < 4.78 is 0. The molecule has 0 radical (unpaired) electrons. The van der Waals surface area contributed by atoms with Gasteiger partial charge in [-0.05, 0) is 82.3 Å². The van der Waals surface area contributed by atoms with E-state index in [2.05, 4.69) is 84.9 Å². The second-order valence-electron chi connectivity index (χ2n) is 15.9. The van der Waals surface area contributed by atoms with Gasteiger partial charge < -0.3 is 9.80 Å². The molecule has 7 aromatic carbocycles. The molecule has 2 fully saturated rings. The number of Topliss-reactive ketones (excluding diaryl/α,β-unsaturated/α-hetero) is 1. The van der Waals surface area contributed by atoms with Gasteiger partial charge in [-0.25, -0.2) is 0 Å². The first-order chi connectivity index (χ1) is 30.5. The number of carbonyl (C=O) groups is 3. The van der Waals surface area contributed by atoms with Crippen LogP contribution in [0.2, 0.25) is 0 Å². The highest BCUT2D eigenvalue weighted by atomic mass is 16.2. The van der Waals surface area contributed by atoms with Crippen molar-refractivity contribution in [3.63, 3.8) is 0 Å². The lowest BCUT2D eigenvalue weighted by Gasteiger charge is -2.21. The van der Waals surface area contributed by atoms with Gasteiger partial charge in [0.15, 0.2) is 5.78 Å². The zero-order valence-corrected chi connectivity index (χ0v) is 34.7. The summed E-state index contributed by atoms with van der Waals surface area (Å²) in [6.07, 6.45) is 11.4. The molecule has 2 heterocycles. The SMILES string of the molecule is O=C(c1ccccc1)C1C[C@@H](Cc2ccc(-c3ccccc3)cc2)N(/C=C/c2ccccc2)C1=O.O=C1CC[C@@H](Cc2ccc(-c3ccccc3)cc2)N1/C=C/c1ccccc1. The smallest absolute Gasteiger partial charge is 0.237 e. The van der Waals surface area contributed by atoms with Gasteiger partial charge in [0, 0.05) is 36.5 Å². The molecule has 62 heavy (non-hydrogen) atoms. The average molecular weight is 811 g/mol. The van der Waals surface area contributed by atoms with E-state index in [4.69, 9.17) is 0 Å². The van der Waals surface area contributed by atoms with E-state index in [1.54, 1.807) is 17.0 Å². The minimum absolute atomic E-state index is 0.0808. The quantitative estimate of drug-likeness (QED) is 0.0912. The Morgan fingerprint density at radius 2 is 0.871 bits per heavy atom. The van der Waals surface area contributed by atoms with Gasteiger partial charge in [-0.3, -0.25) is 14.4 Å². The Hall–Kier alpha value is -7.37. The standard InChI is InChI=1S/C32H27NO2.C25H23NO/c34-31(28-14-8-3-9-15-28)30-23-29(33(32(30)35)21-20-24-10-4-1-5-11-24)22-25-16-18-27(19-17-25)26-12-6-2-7-13-26;27-25-16-15-24(26(25)18-17-20-7-3-1-4-8-20)19-21-11-13-23(14-12-21)22-9-5-2-6-10-22/h1-21,29-30H,22-23H2;1-14,17-18,24H,15-16,19H2/b21-20+;18-17+/t29-,30?;24-/m10/s1. The highest BCUT2D eigenvalue weighted by Gasteiger charge is 2.42. The summed E-state index contributed by atoms with van der Waals surface area (Å²) in [7, 11) is 0. The minimum Gasteiger partial charge on any atom is -0.316 e. The molecular weight excluding hydrogens is 761 g/mol. The fraction of sp³-hybridized carbons (Fsp3) is 0.140. The van der Waals surface area contributed by atoms with E-state index in [9.17, 15) is 14.4 Å². The number of amides is 2. The van der Waals surface area contributed by atoms with E-state index >= 15 is 0 Å². The zero-order valence-electron chi connectivity index (χ0n) is 34.7.